The van der Waals surface area contributed by atoms with E-state index < -0.39 is 6.36 Å². The first-order valence-electron chi connectivity index (χ1n) is 15.3. The molecular formula is C34H35F3N6O2S. The molecule has 240 valence electrons. The molecule has 6 rings (SSSR count). The van der Waals surface area contributed by atoms with E-state index in [1.807, 2.05) is 24.3 Å². The number of halogens is 3. The van der Waals surface area contributed by atoms with Crippen molar-refractivity contribution in [2.45, 2.75) is 64.3 Å². The molecule has 8 nitrogen and oxygen atoms in total. The average Bonchev–Trinajstić information content (AvgIpc) is 3.78. The van der Waals surface area contributed by atoms with E-state index in [2.05, 4.69) is 69.0 Å². The fourth-order valence-corrected chi connectivity index (χ4v) is 7.05. The number of hydrogen-bond acceptors (Lipinski definition) is 5. The van der Waals surface area contributed by atoms with Gasteiger partial charge in [0.05, 0.1) is 5.69 Å². The summed E-state index contributed by atoms with van der Waals surface area (Å²) in [5, 5.41) is 8.43. The van der Waals surface area contributed by atoms with Gasteiger partial charge in [0.1, 0.15) is 12.1 Å². The van der Waals surface area contributed by atoms with Crippen molar-refractivity contribution in [1.82, 2.24) is 20.1 Å². The lowest BCUT2D eigenvalue weighted by atomic mass is 9.93. The number of benzene rings is 3. The maximum Gasteiger partial charge on any atom is 0.573 e. The van der Waals surface area contributed by atoms with Crippen LogP contribution in [0.2, 0.25) is 0 Å². The van der Waals surface area contributed by atoms with Crippen molar-refractivity contribution < 1.29 is 22.7 Å². The number of nitrogens with zero attached hydrogens (tertiary/aromatic N) is 5. The van der Waals surface area contributed by atoms with Gasteiger partial charge in [-0.2, -0.15) is 4.99 Å². The van der Waals surface area contributed by atoms with Crippen LogP contribution in [0.1, 0.15) is 61.6 Å². The van der Waals surface area contributed by atoms with Crippen LogP contribution in [0.5, 0.6) is 5.75 Å². The molecule has 0 spiro atoms. The van der Waals surface area contributed by atoms with E-state index in [9.17, 15) is 18.0 Å². The second-order valence-corrected chi connectivity index (χ2v) is 12.9. The number of rotatable bonds is 7. The molecule has 12 heteroatoms. The molecule has 4 aromatic rings. The molecule has 2 aliphatic rings. The molecule has 46 heavy (non-hydrogen) atoms. The highest BCUT2D eigenvalue weighted by molar-refractivity contribution is 8.14. The Morgan fingerprint density at radius 2 is 1.83 bits per heavy atom. The second kappa shape index (κ2) is 13.2. The number of hydrogen-bond donors (Lipinski definition) is 1. The van der Waals surface area contributed by atoms with Crippen molar-refractivity contribution in [3.05, 3.63) is 89.7 Å². The number of carbonyl (C=O) groups is 1. The first-order valence-corrected chi connectivity index (χ1v) is 16.3. The summed E-state index contributed by atoms with van der Waals surface area (Å²) >= 11 is 1.61. The molecule has 0 bridgehead atoms. The van der Waals surface area contributed by atoms with Gasteiger partial charge in [0.2, 0.25) is 0 Å². The van der Waals surface area contributed by atoms with Crippen LogP contribution in [-0.2, 0) is 0 Å². The number of aryl methyl sites for hydroxylation is 1. The molecule has 1 aromatic heterocycles. The molecule has 1 N–H and O–H groups in total. The highest BCUT2D eigenvalue weighted by Crippen LogP contribution is 2.36. The number of amidine groups is 1. The number of carbonyl (C=O) groups excluding carboxylic acids is 1. The lowest BCUT2D eigenvalue weighted by Gasteiger charge is -2.24. The number of ether oxygens (including phenoxy) is 1. The van der Waals surface area contributed by atoms with Gasteiger partial charge in [0, 0.05) is 35.5 Å². The van der Waals surface area contributed by atoms with Gasteiger partial charge in [-0.05, 0) is 72.7 Å². The fourth-order valence-electron chi connectivity index (χ4n) is 6.10. The Kier molecular flexibility index (Phi) is 9.08. The summed E-state index contributed by atoms with van der Waals surface area (Å²) in [7, 11) is 0. The van der Waals surface area contributed by atoms with Crippen LogP contribution >= 0.6 is 11.8 Å². The van der Waals surface area contributed by atoms with Crippen LogP contribution in [0.25, 0.3) is 17.1 Å². The van der Waals surface area contributed by atoms with E-state index in [0.29, 0.717) is 17.4 Å². The van der Waals surface area contributed by atoms with Crippen LogP contribution in [0, 0.1) is 6.92 Å². The van der Waals surface area contributed by atoms with E-state index >= 15 is 0 Å². The molecule has 0 radical (unpaired) electrons. The van der Waals surface area contributed by atoms with Gasteiger partial charge >= 0.3 is 12.4 Å². The van der Waals surface area contributed by atoms with Crippen LogP contribution in [-0.4, -0.2) is 50.7 Å². The number of nitrogens with one attached hydrogen (secondary N) is 1. The number of alkyl halides is 3. The number of amides is 2. The summed E-state index contributed by atoms with van der Waals surface area (Å²) in [5.41, 5.74) is 6.03. The largest absolute Gasteiger partial charge is 0.573 e. The van der Waals surface area contributed by atoms with E-state index in [1.54, 1.807) is 11.8 Å². The summed E-state index contributed by atoms with van der Waals surface area (Å²) < 4.78 is 42.8. The summed E-state index contributed by atoms with van der Waals surface area (Å²) in [6, 6.07) is 19.6. The van der Waals surface area contributed by atoms with Crippen LogP contribution in [0.4, 0.5) is 23.7 Å². The Bertz CT molecular complexity index is 1720. The maximum atomic E-state index is 13.2. The fraction of sp³-hybridized carbons (Fsp3) is 0.353. The van der Waals surface area contributed by atoms with E-state index in [-0.39, 0.29) is 23.7 Å². The highest BCUT2D eigenvalue weighted by atomic mass is 32.2. The van der Waals surface area contributed by atoms with Crippen molar-refractivity contribution >= 4 is 28.6 Å². The highest BCUT2D eigenvalue weighted by Gasteiger charge is 2.32. The normalized spacial score (nSPS) is 19.3. The van der Waals surface area contributed by atoms with E-state index in [4.69, 9.17) is 0 Å². The number of aromatic nitrogens is 3. The van der Waals surface area contributed by atoms with Crippen molar-refractivity contribution in [3.63, 3.8) is 0 Å². The van der Waals surface area contributed by atoms with Crippen molar-refractivity contribution in [2.75, 3.05) is 17.2 Å². The van der Waals surface area contributed by atoms with Gasteiger partial charge in [0.25, 0.3) is 0 Å². The van der Waals surface area contributed by atoms with Crippen molar-refractivity contribution in [2.24, 2.45) is 4.99 Å². The van der Waals surface area contributed by atoms with Crippen molar-refractivity contribution in [1.29, 1.82) is 0 Å². The Balaban J connectivity index is 1.11. The van der Waals surface area contributed by atoms with Gasteiger partial charge in [-0.3, -0.25) is 0 Å². The SMILES string of the molecule is Cc1ccc(C(C)C)c(N2CCS/C2=N\C(=O)NC2CCCC2c2ccc(-c3ncn(-c4ccc(OC(F)(F)F)cc4)n3)cc2)c1. The second-order valence-electron chi connectivity index (χ2n) is 11.9. The average molecular weight is 649 g/mol. The monoisotopic (exact) mass is 648 g/mol. The van der Waals surface area contributed by atoms with Crippen LogP contribution < -0.4 is 15.0 Å². The van der Waals surface area contributed by atoms with Crippen LogP contribution in [0.3, 0.4) is 0 Å². The molecule has 2 amide bonds. The third kappa shape index (κ3) is 7.22. The minimum Gasteiger partial charge on any atom is -0.406 e. The molecule has 1 aliphatic carbocycles. The smallest absolute Gasteiger partial charge is 0.406 e. The van der Waals surface area contributed by atoms with E-state index in [0.717, 1.165) is 53.5 Å². The predicted octanol–water partition coefficient (Wildman–Crippen LogP) is 8.22. The first kappa shape index (κ1) is 31.7. The topological polar surface area (TPSA) is 84.6 Å². The number of urea groups is 1. The Hall–Kier alpha value is -4.32. The number of aliphatic imine (C=N–C) groups is 1. The minimum absolute atomic E-state index is 0.0191. The van der Waals surface area contributed by atoms with Gasteiger partial charge in [-0.25, -0.2) is 14.5 Å². The van der Waals surface area contributed by atoms with Crippen LogP contribution in [0.15, 0.2) is 78.0 Å². The molecule has 1 aliphatic heterocycles. The van der Waals surface area contributed by atoms with Crippen molar-refractivity contribution in [3.8, 4) is 22.8 Å². The van der Waals surface area contributed by atoms with Gasteiger partial charge in [-0.1, -0.05) is 68.4 Å². The predicted molar refractivity (Wildman–Crippen MR) is 175 cm³/mol. The zero-order valence-corrected chi connectivity index (χ0v) is 26.6. The molecular weight excluding hydrogens is 613 g/mol. The molecule has 2 atom stereocenters. The maximum absolute atomic E-state index is 13.2. The zero-order valence-electron chi connectivity index (χ0n) is 25.8. The van der Waals surface area contributed by atoms with Gasteiger partial charge in [-0.15, -0.1) is 18.3 Å². The molecule has 1 saturated heterocycles. The standard InChI is InChI=1S/C34H35F3N6O2S/c1-21(2)27-16-7-22(3)19-30(27)42-17-18-46-33(42)40-32(44)39-29-6-4-5-28(29)23-8-10-24(11-9-23)31-38-20-43(41-31)25-12-14-26(15-13-25)45-34(35,36)37/h7-16,19-21,28-29H,4-6,17-18H2,1-3H3,(H,39,44)/b40-33-. The number of thioether (sulfide) groups is 1. The lowest BCUT2D eigenvalue weighted by molar-refractivity contribution is -0.274. The van der Waals surface area contributed by atoms with Gasteiger partial charge in [0.15, 0.2) is 11.0 Å². The molecule has 2 unspecified atom stereocenters. The van der Waals surface area contributed by atoms with E-state index in [1.165, 1.54) is 46.4 Å². The summed E-state index contributed by atoms with van der Waals surface area (Å²) in [4.78, 5) is 24.3. The lowest BCUT2D eigenvalue weighted by Crippen LogP contribution is -2.36. The van der Waals surface area contributed by atoms with Gasteiger partial charge < -0.3 is 15.0 Å². The zero-order chi connectivity index (χ0) is 32.4. The Labute approximate surface area is 270 Å². The summed E-state index contributed by atoms with van der Waals surface area (Å²) in [5.74, 6) is 1.59. The first-order chi connectivity index (χ1) is 22.0. The molecule has 3 aromatic carbocycles. The summed E-state index contributed by atoms with van der Waals surface area (Å²) in [6.45, 7) is 7.26. The third-order valence-corrected chi connectivity index (χ3v) is 9.28. The molecule has 1 saturated carbocycles. The summed E-state index contributed by atoms with van der Waals surface area (Å²) in [6.07, 6.45) is -0.380. The Morgan fingerprint density at radius 3 is 2.54 bits per heavy atom. The third-order valence-electron chi connectivity index (χ3n) is 8.32. The molecule has 2 fully saturated rings. The Morgan fingerprint density at radius 1 is 1.07 bits per heavy atom. The number of anilines is 1. The quantitative estimate of drug-likeness (QED) is 0.217. The molecule has 2 heterocycles. The minimum atomic E-state index is -4.75.